The summed E-state index contributed by atoms with van der Waals surface area (Å²) in [4.78, 5) is 50.8. The summed E-state index contributed by atoms with van der Waals surface area (Å²) >= 11 is 0. The van der Waals surface area contributed by atoms with E-state index in [1.807, 2.05) is 60.7 Å². The number of nitrogens with one attached hydrogen (secondary N) is 4. The maximum absolute atomic E-state index is 13.0. The van der Waals surface area contributed by atoms with Gasteiger partial charge in [-0.2, -0.15) is 0 Å². The smallest absolute Gasteiger partial charge is 0.244 e. The molecule has 0 bridgehead atoms. The summed E-state index contributed by atoms with van der Waals surface area (Å²) in [6, 6.07) is 21.9. The summed E-state index contributed by atoms with van der Waals surface area (Å²) in [5, 5.41) is 20.0. The predicted molar refractivity (Wildman–Crippen MR) is 151 cm³/mol. The normalized spacial score (nSPS) is 12.8. The minimum Gasteiger partial charge on any atom is -0.508 e. The first kappa shape index (κ1) is 29.9. The van der Waals surface area contributed by atoms with E-state index in [2.05, 4.69) is 21.3 Å². The van der Waals surface area contributed by atoms with Crippen LogP contribution in [-0.2, 0) is 38.4 Å². The van der Waals surface area contributed by atoms with Gasteiger partial charge in [-0.15, -0.1) is 0 Å². The molecule has 0 heterocycles. The summed E-state index contributed by atoms with van der Waals surface area (Å²) in [5.74, 6) is -1.72. The van der Waals surface area contributed by atoms with Crippen molar-refractivity contribution in [2.75, 3.05) is 6.67 Å². The van der Waals surface area contributed by atoms with E-state index in [9.17, 15) is 24.3 Å². The molecule has 7 N–H and O–H groups in total. The van der Waals surface area contributed by atoms with Crippen molar-refractivity contribution in [3.8, 4) is 5.75 Å². The Morgan fingerprint density at radius 2 is 1.27 bits per heavy atom. The van der Waals surface area contributed by atoms with Crippen molar-refractivity contribution in [2.45, 2.75) is 44.3 Å². The lowest BCUT2D eigenvalue weighted by atomic mass is 10.0. The largest absolute Gasteiger partial charge is 0.508 e. The van der Waals surface area contributed by atoms with E-state index in [4.69, 9.17) is 5.73 Å². The molecule has 0 spiro atoms. The van der Waals surface area contributed by atoms with Crippen LogP contribution in [0, 0.1) is 0 Å². The van der Waals surface area contributed by atoms with Crippen LogP contribution in [0.25, 0.3) is 0 Å². The van der Waals surface area contributed by atoms with Crippen LogP contribution in [0.15, 0.2) is 84.9 Å². The molecule has 0 saturated carbocycles. The van der Waals surface area contributed by atoms with E-state index < -0.39 is 35.8 Å². The molecule has 0 aliphatic heterocycles. The highest BCUT2D eigenvalue weighted by Crippen LogP contribution is 2.11. The summed E-state index contributed by atoms with van der Waals surface area (Å²) in [7, 11) is 0. The molecule has 10 heteroatoms. The minimum atomic E-state index is -0.963. The fourth-order valence-electron chi connectivity index (χ4n) is 3.92. The van der Waals surface area contributed by atoms with Crippen molar-refractivity contribution >= 4 is 23.6 Å². The molecule has 0 radical (unpaired) electrons. The van der Waals surface area contributed by atoms with Gasteiger partial charge in [-0.3, -0.25) is 19.2 Å². The second kappa shape index (κ2) is 15.0. The van der Waals surface area contributed by atoms with Gasteiger partial charge >= 0.3 is 0 Å². The maximum Gasteiger partial charge on any atom is 0.244 e. The van der Waals surface area contributed by atoms with Crippen molar-refractivity contribution in [1.29, 1.82) is 0 Å². The third-order valence-corrected chi connectivity index (χ3v) is 6.15. The number of amides is 4. The van der Waals surface area contributed by atoms with Gasteiger partial charge in [0.05, 0.1) is 19.1 Å². The van der Waals surface area contributed by atoms with Gasteiger partial charge in [0.25, 0.3) is 0 Å². The minimum absolute atomic E-state index is 0.107. The van der Waals surface area contributed by atoms with E-state index in [0.29, 0.717) is 0 Å². The standard InChI is InChI=1S/C30H35N5O5/c1-20(34-29(39)25(31)16-23-12-14-24(36)15-13-23)28(38)35-26(17-21-8-4-2-5-9-21)30(40)33-19-32-27(37)18-22-10-6-3-7-11-22/h2-15,20,25-26,36H,16-19,31H2,1H3,(H,32,37)(H,33,40)(H,34,39)(H,35,38)/t20-,25+,26+/m1/s1. The highest BCUT2D eigenvalue weighted by atomic mass is 16.3. The van der Waals surface area contributed by atoms with Crippen molar-refractivity contribution in [3.63, 3.8) is 0 Å². The van der Waals surface area contributed by atoms with Gasteiger partial charge in [0.15, 0.2) is 0 Å². The first-order valence-electron chi connectivity index (χ1n) is 13.0. The van der Waals surface area contributed by atoms with E-state index >= 15 is 0 Å². The fraction of sp³-hybridized carbons (Fsp3) is 0.267. The lowest BCUT2D eigenvalue weighted by Gasteiger charge is -2.22. The van der Waals surface area contributed by atoms with E-state index in [-0.39, 0.29) is 37.6 Å². The number of carbonyl (C=O) groups excluding carboxylic acids is 4. The second-order valence-corrected chi connectivity index (χ2v) is 9.44. The Labute approximate surface area is 233 Å². The lowest BCUT2D eigenvalue weighted by Crippen LogP contribution is -2.56. The number of hydrogen-bond donors (Lipinski definition) is 6. The molecule has 40 heavy (non-hydrogen) atoms. The number of benzene rings is 3. The van der Waals surface area contributed by atoms with E-state index in [1.165, 1.54) is 19.1 Å². The van der Waals surface area contributed by atoms with Gasteiger partial charge in [0.2, 0.25) is 23.6 Å². The average Bonchev–Trinajstić information content (AvgIpc) is 2.94. The Balaban J connectivity index is 1.54. The van der Waals surface area contributed by atoms with Gasteiger partial charge in [0, 0.05) is 6.42 Å². The van der Waals surface area contributed by atoms with Crippen LogP contribution < -0.4 is 27.0 Å². The second-order valence-electron chi connectivity index (χ2n) is 9.44. The zero-order valence-corrected chi connectivity index (χ0v) is 22.3. The molecule has 3 aromatic rings. The molecule has 4 amide bonds. The summed E-state index contributed by atoms with van der Waals surface area (Å²) in [6.45, 7) is 1.39. The first-order chi connectivity index (χ1) is 19.2. The van der Waals surface area contributed by atoms with Gasteiger partial charge in [0.1, 0.15) is 17.8 Å². The van der Waals surface area contributed by atoms with Crippen LogP contribution in [0.4, 0.5) is 0 Å². The predicted octanol–water partition coefficient (Wildman–Crippen LogP) is 0.927. The highest BCUT2D eigenvalue weighted by Gasteiger charge is 2.26. The molecular formula is C30H35N5O5. The molecular weight excluding hydrogens is 510 g/mol. The van der Waals surface area contributed by atoms with Gasteiger partial charge in [-0.05, 0) is 42.2 Å². The van der Waals surface area contributed by atoms with Crippen molar-refractivity contribution < 1.29 is 24.3 Å². The van der Waals surface area contributed by atoms with Crippen molar-refractivity contribution in [2.24, 2.45) is 5.73 Å². The Bertz CT molecular complexity index is 1270. The van der Waals surface area contributed by atoms with Gasteiger partial charge in [-0.1, -0.05) is 72.8 Å². The molecule has 0 fully saturated rings. The Morgan fingerprint density at radius 3 is 1.90 bits per heavy atom. The SMILES string of the molecule is C[C@@H](NC(=O)[C@@H](N)Cc1ccc(O)cc1)C(=O)N[C@@H](Cc1ccccc1)C(=O)NCNC(=O)Cc1ccccc1. The highest BCUT2D eigenvalue weighted by molar-refractivity contribution is 5.93. The monoisotopic (exact) mass is 545 g/mol. The summed E-state index contributed by atoms with van der Waals surface area (Å²) in [5.41, 5.74) is 8.44. The molecule has 0 aliphatic rings. The van der Waals surface area contributed by atoms with E-state index in [1.54, 1.807) is 12.1 Å². The summed E-state index contributed by atoms with van der Waals surface area (Å²) in [6.07, 6.45) is 0.597. The number of phenols is 1. The van der Waals surface area contributed by atoms with Crippen LogP contribution in [-0.4, -0.2) is 53.5 Å². The molecule has 0 aromatic heterocycles. The fourth-order valence-corrected chi connectivity index (χ4v) is 3.92. The topological polar surface area (TPSA) is 163 Å². The third-order valence-electron chi connectivity index (χ3n) is 6.15. The number of carbonyl (C=O) groups is 4. The Kier molecular flexibility index (Phi) is 11.2. The number of hydrogen-bond acceptors (Lipinski definition) is 6. The van der Waals surface area contributed by atoms with Crippen LogP contribution in [0.3, 0.4) is 0 Å². The molecule has 3 rings (SSSR count). The Hall–Kier alpha value is -4.70. The zero-order chi connectivity index (χ0) is 28.9. The van der Waals surface area contributed by atoms with Crippen LogP contribution in [0.5, 0.6) is 5.75 Å². The Morgan fingerprint density at radius 1 is 0.700 bits per heavy atom. The maximum atomic E-state index is 13.0. The molecule has 10 nitrogen and oxygen atoms in total. The molecule has 3 aromatic carbocycles. The quantitative estimate of drug-likeness (QED) is 0.175. The van der Waals surface area contributed by atoms with Gasteiger partial charge in [-0.25, -0.2) is 0 Å². The number of nitrogens with two attached hydrogens (primary N) is 1. The summed E-state index contributed by atoms with van der Waals surface area (Å²) < 4.78 is 0. The third kappa shape index (κ3) is 9.88. The van der Waals surface area contributed by atoms with Crippen LogP contribution in [0.2, 0.25) is 0 Å². The number of aromatic hydroxyl groups is 1. The number of rotatable bonds is 13. The first-order valence-corrected chi connectivity index (χ1v) is 13.0. The van der Waals surface area contributed by atoms with Gasteiger partial charge < -0.3 is 32.1 Å². The van der Waals surface area contributed by atoms with Crippen molar-refractivity contribution in [3.05, 3.63) is 102 Å². The average molecular weight is 546 g/mol. The number of phenolic OH excluding ortho intramolecular Hbond substituents is 1. The molecule has 210 valence electrons. The van der Waals surface area contributed by atoms with E-state index in [0.717, 1.165) is 16.7 Å². The van der Waals surface area contributed by atoms with Crippen LogP contribution in [0.1, 0.15) is 23.6 Å². The zero-order valence-electron chi connectivity index (χ0n) is 22.3. The molecule has 0 saturated heterocycles. The molecule has 0 unspecified atom stereocenters. The lowest BCUT2D eigenvalue weighted by molar-refractivity contribution is -0.132. The molecule has 0 aliphatic carbocycles. The molecule has 3 atom stereocenters. The van der Waals surface area contributed by atoms with Crippen LogP contribution >= 0.6 is 0 Å². The van der Waals surface area contributed by atoms with Crippen molar-refractivity contribution in [1.82, 2.24) is 21.3 Å².